The van der Waals surface area contributed by atoms with Gasteiger partial charge in [0.25, 0.3) is 5.91 Å². The summed E-state index contributed by atoms with van der Waals surface area (Å²) in [6.45, 7) is 0.187. The van der Waals surface area contributed by atoms with Gasteiger partial charge in [-0.3, -0.25) is 9.59 Å². The number of hydrogen-bond acceptors (Lipinski definition) is 9. The molecule has 12 heteroatoms. The number of anilines is 2. The summed E-state index contributed by atoms with van der Waals surface area (Å²) in [4.78, 5) is 49.9. The summed E-state index contributed by atoms with van der Waals surface area (Å²) >= 11 is 0. The molecule has 3 aromatic rings. The van der Waals surface area contributed by atoms with Crippen LogP contribution < -0.4 is 15.4 Å². The number of nitrogens with zero attached hydrogens (tertiary/aromatic N) is 2. The molecule has 1 aliphatic rings. The van der Waals surface area contributed by atoms with Crippen LogP contribution in [0, 0.1) is 0 Å². The second kappa shape index (κ2) is 11.1. The number of carbonyl (C=O) groups excluding carboxylic acids is 4. The molecule has 1 unspecified atom stereocenters. The van der Waals surface area contributed by atoms with Crippen LogP contribution in [0.4, 0.5) is 11.5 Å². The first kappa shape index (κ1) is 26.4. The summed E-state index contributed by atoms with van der Waals surface area (Å²) in [6, 6.07) is 10.4. The fourth-order valence-electron chi connectivity index (χ4n) is 4.17. The molecule has 1 aromatic heterocycles. The van der Waals surface area contributed by atoms with Gasteiger partial charge in [-0.1, -0.05) is 12.1 Å². The van der Waals surface area contributed by atoms with Gasteiger partial charge in [0.2, 0.25) is 5.91 Å². The molecular formula is C26H26N4O8. The Morgan fingerprint density at radius 2 is 1.61 bits per heavy atom. The SMILES string of the molecule is COCc1nn2c(c1-c1ccc(OC)cc1)NC(=O)C2CC(=O)Nc1cc(C(=O)OC)cc(C(=O)OC)c1. The van der Waals surface area contributed by atoms with Gasteiger partial charge in [0.05, 0.1) is 51.2 Å². The third-order valence-corrected chi connectivity index (χ3v) is 5.92. The van der Waals surface area contributed by atoms with E-state index in [0.717, 1.165) is 5.56 Å². The highest BCUT2D eigenvalue weighted by Crippen LogP contribution is 2.39. The van der Waals surface area contributed by atoms with Crippen LogP contribution in [0.25, 0.3) is 11.1 Å². The van der Waals surface area contributed by atoms with Gasteiger partial charge in [-0.15, -0.1) is 0 Å². The molecule has 0 spiro atoms. The molecule has 2 N–H and O–H groups in total. The van der Waals surface area contributed by atoms with Crippen molar-refractivity contribution in [3.8, 4) is 16.9 Å². The minimum atomic E-state index is -0.934. The third-order valence-electron chi connectivity index (χ3n) is 5.92. The molecule has 0 bridgehead atoms. The molecule has 0 aliphatic carbocycles. The Bertz CT molecular complexity index is 1360. The number of fused-ring (bicyclic) bond motifs is 1. The normalized spacial score (nSPS) is 13.9. The summed E-state index contributed by atoms with van der Waals surface area (Å²) < 4.78 is 21.4. The van der Waals surface area contributed by atoms with Crippen molar-refractivity contribution < 1.29 is 38.1 Å². The highest BCUT2D eigenvalue weighted by molar-refractivity contribution is 6.05. The Morgan fingerprint density at radius 1 is 0.974 bits per heavy atom. The lowest BCUT2D eigenvalue weighted by molar-refractivity contribution is -0.123. The summed E-state index contributed by atoms with van der Waals surface area (Å²) in [5, 5.41) is 10.0. The van der Waals surface area contributed by atoms with Crippen LogP contribution in [0.5, 0.6) is 5.75 Å². The molecule has 0 saturated heterocycles. The second-order valence-corrected chi connectivity index (χ2v) is 8.32. The predicted molar refractivity (Wildman–Crippen MR) is 135 cm³/mol. The summed E-state index contributed by atoms with van der Waals surface area (Å²) in [5.74, 6) is -1.20. The quantitative estimate of drug-likeness (QED) is 0.405. The fraction of sp³-hybridized carbons (Fsp3) is 0.269. The van der Waals surface area contributed by atoms with E-state index >= 15 is 0 Å². The third kappa shape index (κ3) is 5.20. The van der Waals surface area contributed by atoms with Crippen molar-refractivity contribution in [2.75, 3.05) is 39.1 Å². The maximum absolute atomic E-state index is 13.0. The average Bonchev–Trinajstić information content (AvgIpc) is 3.41. The Labute approximate surface area is 217 Å². The van der Waals surface area contributed by atoms with Crippen LogP contribution in [0.3, 0.4) is 0 Å². The molecule has 1 aliphatic heterocycles. The number of aromatic nitrogens is 2. The minimum Gasteiger partial charge on any atom is -0.497 e. The van der Waals surface area contributed by atoms with E-state index in [1.807, 2.05) is 12.1 Å². The van der Waals surface area contributed by atoms with Crippen molar-refractivity contribution in [2.24, 2.45) is 0 Å². The minimum absolute atomic E-state index is 0.0482. The Kier molecular flexibility index (Phi) is 7.72. The Balaban J connectivity index is 1.61. The molecule has 0 radical (unpaired) electrons. The van der Waals surface area contributed by atoms with E-state index in [1.54, 1.807) is 19.2 Å². The topological polar surface area (TPSA) is 147 Å². The van der Waals surface area contributed by atoms with Crippen molar-refractivity contribution in [3.05, 3.63) is 59.3 Å². The first-order valence-electron chi connectivity index (χ1n) is 11.5. The highest BCUT2D eigenvalue weighted by Gasteiger charge is 2.37. The van der Waals surface area contributed by atoms with Crippen LogP contribution in [-0.2, 0) is 30.4 Å². The number of benzene rings is 2. The van der Waals surface area contributed by atoms with Gasteiger partial charge in [0.15, 0.2) is 0 Å². The van der Waals surface area contributed by atoms with Gasteiger partial charge in [-0.2, -0.15) is 5.10 Å². The van der Waals surface area contributed by atoms with E-state index in [4.69, 9.17) is 18.9 Å². The van der Waals surface area contributed by atoms with Crippen LogP contribution in [0.2, 0.25) is 0 Å². The number of esters is 2. The first-order chi connectivity index (χ1) is 18.3. The first-order valence-corrected chi connectivity index (χ1v) is 11.5. The van der Waals surface area contributed by atoms with E-state index in [9.17, 15) is 19.2 Å². The zero-order valence-corrected chi connectivity index (χ0v) is 21.2. The zero-order valence-electron chi connectivity index (χ0n) is 21.2. The number of hydrogen-bond donors (Lipinski definition) is 2. The number of methoxy groups -OCH3 is 4. The Morgan fingerprint density at radius 3 is 2.16 bits per heavy atom. The van der Waals surface area contributed by atoms with Gasteiger partial charge in [-0.05, 0) is 35.9 Å². The highest BCUT2D eigenvalue weighted by atomic mass is 16.5. The molecule has 2 amide bonds. The monoisotopic (exact) mass is 522 g/mol. The van der Waals surface area contributed by atoms with Crippen molar-refractivity contribution in [3.63, 3.8) is 0 Å². The number of carbonyl (C=O) groups is 4. The van der Waals surface area contributed by atoms with Gasteiger partial charge in [0, 0.05) is 18.4 Å². The van der Waals surface area contributed by atoms with Gasteiger partial charge >= 0.3 is 11.9 Å². The van der Waals surface area contributed by atoms with Gasteiger partial charge in [-0.25, -0.2) is 14.3 Å². The fourth-order valence-corrected chi connectivity index (χ4v) is 4.17. The molecule has 2 aromatic carbocycles. The lowest BCUT2D eigenvalue weighted by atomic mass is 10.1. The predicted octanol–water partition coefficient (Wildman–Crippen LogP) is 2.80. The van der Waals surface area contributed by atoms with Crippen LogP contribution in [0.15, 0.2) is 42.5 Å². The standard InChI is InChI=1S/C26H26N4O8/c1-35-13-19-22(14-5-7-18(36-2)8-6-14)23-28-24(32)20(30(23)29-19)12-21(31)27-17-10-15(25(33)37-3)9-16(11-17)26(34)38-4/h5-11,20H,12-13H2,1-4H3,(H,27,31)(H,28,32). The van der Waals surface area contributed by atoms with Crippen molar-refractivity contribution in [1.82, 2.24) is 9.78 Å². The van der Waals surface area contributed by atoms with E-state index in [-0.39, 0.29) is 29.8 Å². The maximum atomic E-state index is 13.0. The summed E-state index contributed by atoms with van der Waals surface area (Å²) in [7, 11) is 5.51. The molecule has 38 heavy (non-hydrogen) atoms. The van der Waals surface area contributed by atoms with Crippen LogP contribution >= 0.6 is 0 Å². The van der Waals surface area contributed by atoms with Crippen molar-refractivity contribution >= 4 is 35.3 Å². The zero-order chi connectivity index (χ0) is 27.4. The number of rotatable bonds is 9. The maximum Gasteiger partial charge on any atom is 0.337 e. The number of nitrogens with one attached hydrogen (secondary N) is 2. The van der Waals surface area contributed by atoms with E-state index in [1.165, 1.54) is 44.2 Å². The molecule has 0 fully saturated rings. The lowest BCUT2D eigenvalue weighted by Gasteiger charge is -2.12. The smallest absolute Gasteiger partial charge is 0.337 e. The van der Waals surface area contributed by atoms with Crippen molar-refractivity contribution in [1.29, 1.82) is 0 Å². The largest absolute Gasteiger partial charge is 0.497 e. The molecule has 198 valence electrons. The summed E-state index contributed by atoms with van der Waals surface area (Å²) in [5.41, 5.74) is 2.32. The molecule has 12 nitrogen and oxygen atoms in total. The van der Waals surface area contributed by atoms with Crippen LogP contribution in [-0.4, -0.2) is 62.0 Å². The molecule has 0 saturated carbocycles. The van der Waals surface area contributed by atoms with Gasteiger partial charge < -0.3 is 29.6 Å². The average molecular weight is 523 g/mol. The van der Waals surface area contributed by atoms with Gasteiger partial charge in [0.1, 0.15) is 17.6 Å². The summed E-state index contributed by atoms with van der Waals surface area (Å²) in [6.07, 6.45) is -0.259. The molecule has 2 heterocycles. The lowest BCUT2D eigenvalue weighted by Crippen LogP contribution is -2.24. The Hall–Kier alpha value is -4.71. The van der Waals surface area contributed by atoms with Crippen LogP contribution in [0.1, 0.15) is 38.9 Å². The van der Waals surface area contributed by atoms with Crippen molar-refractivity contribution in [2.45, 2.75) is 19.1 Å². The molecule has 1 atom stereocenters. The molecular weight excluding hydrogens is 496 g/mol. The number of amides is 2. The number of ether oxygens (including phenoxy) is 4. The van der Waals surface area contributed by atoms with E-state index in [0.29, 0.717) is 22.8 Å². The van der Waals surface area contributed by atoms with E-state index < -0.39 is 29.8 Å². The van der Waals surface area contributed by atoms with E-state index in [2.05, 4.69) is 15.7 Å². The second-order valence-electron chi connectivity index (χ2n) is 8.32. The molecule has 4 rings (SSSR count).